The van der Waals surface area contributed by atoms with E-state index in [0.29, 0.717) is 0 Å². The third kappa shape index (κ3) is 5.41. The van der Waals surface area contributed by atoms with Crippen LogP contribution in [0, 0.1) is 0 Å². The molecule has 0 aromatic heterocycles. The Bertz CT molecular complexity index is 1420. The van der Waals surface area contributed by atoms with Crippen LogP contribution >= 0.6 is 13.2 Å². The van der Waals surface area contributed by atoms with Gasteiger partial charge in [0.05, 0.1) is 12.2 Å². The van der Waals surface area contributed by atoms with Gasteiger partial charge in [-0.1, -0.05) is 151 Å². The highest BCUT2D eigenvalue weighted by atomic mass is 32.4. The molecule has 0 aliphatic rings. The first-order valence-electron chi connectivity index (χ1n) is 12.2. The Morgan fingerprint density at radius 3 is 1.22 bits per heavy atom. The number of hydrogen-bond donors (Lipinski definition) is 0. The van der Waals surface area contributed by atoms with Gasteiger partial charge in [0.2, 0.25) is 0 Å². The lowest BCUT2D eigenvalue weighted by atomic mass is 10.3. The van der Waals surface area contributed by atoms with Crippen molar-refractivity contribution >= 4 is 46.2 Å². The van der Waals surface area contributed by atoms with Gasteiger partial charge >= 0.3 is 0 Å². The van der Waals surface area contributed by atoms with Gasteiger partial charge in [0, 0.05) is 10.6 Å². The molecule has 0 N–H and O–H groups in total. The standard InChI is InChI=1S/C32H28O2P2S/c33-35(28-18-8-2-9-19-28,29-20-10-3-11-21-29)26-32(34-27-16-6-1-7-17-27)36(37,30-22-12-4-13-23-30)31-24-14-5-15-25-31/h1-25,32H,26H2. The van der Waals surface area contributed by atoms with Crippen molar-refractivity contribution in [1.82, 2.24) is 0 Å². The minimum Gasteiger partial charge on any atom is -0.484 e. The second-order valence-electron chi connectivity index (χ2n) is 8.81. The van der Waals surface area contributed by atoms with Crippen molar-refractivity contribution in [2.45, 2.75) is 5.85 Å². The summed E-state index contributed by atoms with van der Waals surface area (Å²) in [5.74, 6) is 0.224. The van der Waals surface area contributed by atoms with Crippen LogP contribution in [-0.4, -0.2) is 12.0 Å². The van der Waals surface area contributed by atoms with E-state index >= 15 is 4.57 Å². The number of benzene rings is 5. The van der Waals surface area contributed by atoms with Crippen LogP contribution in [0.5, 0.6) is 5.75 Å². The molecule has 0 aliphatic heterocycles. The van der Waals surface area contributed by atoms with Gasteiger partial charge in [0.25, 0.3) is 0 Å². The van der Waals surface area contributed by atoms with Crippen LogP contribution in [0.25, 0.3) is 0 Å². The Hall–Kier alpha value is -3.22. The highest BCUT2D eigenvalue weighted by Gasteiger charge is 2.41. The zero-order valence-corrected chi connectivity index (χ0v) is 22.9. The van der Waals surface area contributed by atoms with Crippen molar-refractivity contribution in [3.05, 3.63) is 152 Å². The fourth-order valence-corrected chi connectivity index (χ4v) is 12.7. The molecular weight excluding hydrogens is 510 g/mol. The molecular formula is C32H28O2P2S. The van der Waals surface area contributed by atoms with E-state index < -0.39 is 19.0 Å². The van der Waals surface area contributed by atoms with Gasteiger partial charge in [0.1, 0.15) is 18.7 Å². The van der Waals surface area contributed by atoms with Gasteiger partial charge in [-0.15, -0.1) is 0 Å². The van der Waals surface area contributed by atoms with Crippen molar-refractivity contribution in [2.24, 2.45) is 0 Å². The van der Waals surface area contributed by atoms with Crippen LogP contribution in [0.2, 0.25) is 0 Å². The molecule has 5 aromatic rings. The molecule has 5 aromatic carbocycles. The third-order valence-electron chi connectivity index (χ3n) is 6.46. The molecule has 37 heavy (non-hydrogen) atoms. The summed E-state index contributed by atoms with van der Waals surface area (Å²) >= 11 is 6.69. The maximum absolute atomic E-state index is 15.2. The van der Waals surface area contributed by atoms with Crippen LogP contribution in [0.1, 0.15) is 0 Å². The normalized spacial score (nSPS) is 12.5. The summed E-state index contributed by atoms with van der Waals surface area (Å²) in [6.07, 6.45) is 0.289. The summed E-state index contributed by atoms with van der Waals surface area (Å²) < 4.78 is 22.0. The van der Waals surface area contributed by atoms with E-state index in [1.54, 1.807) is 0 Å². The average Bonchev–Trinajstić information content (AvgIpc) is 2.98. The first kappa shape index (κ1) is 25.4. The molecule has 0 saturated heterocycles. The van der Waals surface area contributed by atoms with E-state index in [1.807, 2.05) is 127 Å². The quantitative estimate of drug-likeness (QED) is 0.200. The van der Waals surface area contributed by atoms with Crippen LogP contribution in [0.15, 0.2) is 152 Å². The van der Waals surface area contributed by atoms with Crippen molar-refractivity contribution in [1.29, 1.82) is 0 Å². The van der Waals surface area contributed by atoms with Gasteiger partial charge in [-0.3, -0.25) is 0 Å². The predicted octanol–water partition coefficient (Wildman–Crippen LogP) is 6.54. The maximum atomic E-state index is 15.2. The molecule has 0 bridgehead atoms. The van der Waals surface area contributed by atoms with Crippen molar-refractivity contribution in [3.63, 3.8) is 0 Å². The highest BCUT2D eigenvalue weighted by molar-refractivity contribution is 8.22. The molecule has 5 rings (SSSR count). The van der Waals surface area contributed by atoms with Crippen LogP contribution in [-0.2, 0) is 16.4 Å². The molecule has 0 radical (unpaired) electrons. The minimum atomic E-state index is -3.12. The summed E-state index contributed by atoms with van der Waals surface area (Å²) in [6.45, 7) is 0. The average molecular weight is 539 g/mol. The Balaban J connectivity index is 1.72. The Kier molecular flexibility index (Phi) is 7.87. The second kappa shape index (κ2) is 11.4. The molecule has 0 aliphatic carbocycles. The monoisotopic (exact) mass is 538 g/mol. The van der Waals surface area contributed by atoms with E-state index in [0.717, 1.165) is 27.0 Å². The molecule has 0 amide bonds. The topological polar surface area (TPSA) is 26.3 Å². The van der Waals surface area contributed by atoms with Gasteiger partial charge in [-0.25, -0.2) is 0 Å². The summed E-state index contributed by atoms with van der Waals surface area (Å²) in [5.41, 5.74) is 0. The number of hydrogen-bond acceptors (Lipinski definition) is 3. The third-order valence-corrected chi connectivity index (χ3v) is 15.1. The lowest BCUT2D eigenvalue weighted by molar-refractivity contribution is 0.305. The van der Waals surface area contributed by atoms with E-state index in [1.165, 1.54) is 0 Å². The van der Waals surface area contributed by atoms with E-state index in [2.05, 4.69) is 24.3 Å². The molecule has 184 valence electrons. The fraction of sp³-hybridized carbons (Fsp3) is 0.0625. The highest BCUT2D eigenvalue weighted by Crippen LogP contribution is 2.56. The van der Waals surface area contributed by atoms with Gasteiger partial charge in [-0.05, 0) is 22.7 Å². The maximum Gasteiger partial charge on any atom is 0.147 e. The molecule has 0 saturated carbocycles. The smallest absolute Gasteiger partial charge is 0.147 e. The van der Waals surface area contributed by atoms with E-state index in [4.69, 9.17) is 16.5 Å². The molecule has 1 unspecified atom stereocenters. The van der Waals surface area contributed by atoms with Crippen LogP contribution in [0.4, 0.5) is 0 Å². The number of rotatable bonds is 9. The first-order chi connectivity index (χ1) is 18.1. The lowest BCUT2D eigenvalue weighted by Crippen LogP contribution is -2.35. The molecule has 0 spiro atoms. The van der Waals surface area contributed by atoms with Crippen LogP contribution < -0.4 is 26.0 Å². The largest absolute Gasteiger partial charge is 0.484 e. The molecule has 0 fully saturated rings. The summed E-state index contributed by atoms with van der Waals surface area (Å²) in [7, 11) is -3.12. The Labute approximate surface area is 224 Å². The fourth-order valence-electron chi connectivity index (χ4n) is 4.58. The van der Waals surface area contributed by atoms with Gasteiger partial charge in [0.15, 0.2) is 0 Å². The molecule has 0 heterocycles. The number of para-hydroxylation sites is 1. The van der Waals surface area contributed by atoms with E-state index in [-0.39, 0.29) is 6.16 Å². The Morgan fingerprint density at radius 1 is 0.514 bits per heavy atom. The molecule has 2 nitrogen and oxygen atoms in total. The van der Waals surface area contributed by atoms with Gasteiger partial charge in [-0.2, -0.15) is 0 Å². The van der Waals surface area contributed by atoms with Crippen LogP contribution in [0.3, 0.4) is 0 Å². The van der Waals surface area contributed by atoms with Gasteiger partial charge < -0.3 is 9.30 Å². The summed E-state index contributed by atoms with van der Waals surface area (Å²) in [6, 6.07) is 47.1. The minimum absolute atomic E-state index is 0.289. The van der Waals surface area contributed by atoms with E-state index in [9.17, 15) is 0 Å². The number of ether oxygens (including phenoxy) is 1. The Morgan fingerprint density at radius 2 is 0.838 bits per heavy atom. The lowest BCUT2D eigenvalue weighted by Gasteiger charge is -2.35. The van der Waals surface area contributed by atoms with Crippen molar-refractivity contribution < 1.29 is 9.30 Å². The van der Waals surface area contributed by atoms with Crippen molar-refractivity contribution in [2.75, 3.05) is 6.16 Å². The van der Waals surface area contributed by atoms with Crippen molar-refractivity contribution in [3.8, 4) is 5.75 Å². The molecule has 5 heteroatoms. The second-order valence-corrected chi connectivity index (χ2v) is 16.3. The molecule has 1 atom stereocenters. The zero-order chi connectivity index (χ0) is 25.6. The first-order valence-corrected chi connectivity index (χ1v) is 17.0. The summed E-state index contributed by atoms with van der Waals surface area (Å²) in [4.78, 5) is 0. The SMILES string of the molecule is O=P(CC(Oc1ccccc1)P(=S)(c1ccccc1)c1ccccc1)(c1ccccc1)c1ccccc1. The summed E-state index contributed by atoms with van der Waals surface area (Å²) in [5, 5.41) is 3.71. The predicted molar refractivity (Wildman–Crippen MR) is 162 cm³/mol. The zero-order valence-electron chi connectivity index (χ0n) is 20.3.